The number of hydrogen-bond donors (Lipinski definition) is 2. The summed E-state index contributed by atoms with van der Waals surface area (Å²) in [6, 6.07) is 14.3. The van der Waals surface area contributed by atoms with Crippen molar-refractivity contribution in [2.45, 2.75) is 0 Å². The molecule has 0 bridgehead atoms. The lowest BCUT2D eigenvalue weighted by Gasteiger charge is -2.07. The highest BCUT2D eigenvalue weighted by Crippen LogP contribution is 2.19. The molecule has 0 aliphatic heterocycles. The normalized spacial score (nSPS) is 11.0. The van der Waals surface area contributed by atoms with Gasteiger partial charge in [0, 0.05) is 5.69 Å². The van der Waals surface area contributed by atoms with Gasteiger partial charge in [-0.05, 0) is 35.9 Å². The molecular weight excluding hydrogens is 338 g/mol. The van der Waals surface area contributed by atoms with Crippen molar-refractivity contribution >= 4 is 29.2 Å². The number of nitrogens with one attached hydrogen (secondary N) is 1. The molecule has 6 nitrogen and oxygen atoms in total. The van der Waals surface area contributed by atoms with Crippen LogP contribution in [-0.2, 0) is 0 Å². The quantitative estimate of drug-likeness (QED) is 0.698. The van der Waals surface area contributed by atoms with E-state index in [0.717, 1.165) is 17.8 Å². The molecular formula is C18H12F2N6. The zero-order valence-corrected chi connectivity index (χ0v) is 13.3. The monoisotopic (exact) mass is 350 g/mol. The molecule has 128 valence electrons. The van der Waals surface area contributed by atoms with Crippen molar-refractivity contribution in [3.8, 4) is 6.07 Å². The molecule has 0 aliphatic carbocycles. The van der Waals surface area contributed by atoms with Crippen LogP contribution in [0.15, 0.2) is 48.5 Å². The largest absolute Gasteiger partial charge is 0.368 e. The minimum atomic E-state index is -1.02. The van der Waals surface area contributed by atoms with Gasteiger partial charge in [0.2, 0.25) is 11.9 Å². The van der Waals surface area contributed by atoms with Crippen LogP contribution in [-0.4, -0.2) is 15.0 Å². The molecule has 8 heteroatoms. The molecule has 0 atom stereocenters. The lowest BCUT2D eigenvalue weighted by molar-refractivity contribution is 0.508. The zero-order valence-electron chi connectivity index (χ0n) is 13.3. The molecule has 0 saturated heterocycles. The number of nitriles is 1. The zero-order chi connectivity index (χ0) is 18.5. The fourth-order valence-corrected chi connectivity index (χ4v) is 2.13. The minimum absolute atomic E-state index is 0.0168. The van der Waals surface area contributed by atoms with Crippen LogP contribution in [0, 0.1) is 23.0 Å². The van der Waals surface area contributed by atoms with E-state index in [1.165, 1.54) is 12.1 Å². The van der Waals surface area contributed by atoms with Crippen molar-refractivity contribution in [1.29, 1.82) is 5.26 Å². The highest BCUT2D eigenvalue weighted by molar-refractivity contribution is 5.87. The van der Waals surface area contributed by atoms with E-state index in [0.29, 0.717) is 0 Å². The first-order valence-corrected chi connectivity index (χ1v) is 7.46. The number of hydrogen-bond acceptors (Lipinski definition) is 6. The number of nitrogen functional groups attached to an aromatic ring is 1. The Kier molecular flexibility index (Phi) is 4.80. The molecule has 0 spiro atoms. The van der Waals surface area contributed by atoms with Crippen LogP contribution < -0.4 is 11.1 Å². The Bertz CT molecular complexity index is 1010. The summed E-state index contributed by atoms with van der Waals surface area (Å²) in [5, 5.41) is 12.3. The second-order valence-corrected chi connectivity index (χ2v) is 5.18. The molecule has 1 aromatic heterocycles. The standard InChI is InChI=1S/C18H12F2N6/c19-14-7-6-11(9-15(14)20)8-12(10-21)16-24-17(22)26-18(25-16)23-13-4-2-1-3-5-13/h1-9H,(H3,22,23,24,25,26). The summed E-state index contributed by atoms with van der Waals surface area (Å²) in [5.74, 6) is -1.90. The van der Waals surface area contributed by atoms with Gasteiger partial charge >= 0.3 is 0 Å². The fourth-order valence-electron chi connectivity index (χ4n) is 2.13. The van der Waals surface area contributed by atoms with Crippen LogP contribution in [0.5, 0.6) is 0 Å². The third-order valence-corrected chi connectivity index (χ3v) is 3.30. The predicted molar refractivity (Wildman–Crippen MR) is 93.8 cm³/mol. The van der Waals surface area contributed by atoms with Crippen molar-refractivity contribution in [2.75, 3.05) is 11.1 Å². The van der Waals surface area contributed by atoms with Crippen molar-refractivity contribution in [2.24, 2.45) is 0 Å². The number of allylic oxidation sites excluding steroid dienone is 1. The van der Waals surface area contributed by atoms with Crippen LogP contribution in [0.25, 0.3) is 11.6 Å². The van der Waals surface area contributed by atoms with Gasteiger partial charge in [0.1, 0.15) is 6.07 Å². The maximum atomic E-state index is 13.3. The first-order valence-electron chi connectivity index (χ1n) is 7.46. The molecule has 26 heavy (non-hydrogen) atoms. The average Bonchev–Trinajstić information content (AvgIpc) is 2.63. The van der Waals surface area contributed by atoms with E-state index in [1.807, 2.05) is 36.4 Å². The van der Waals surface area contributed by atoms with E-state index in [2.05, 4.69) is 20.3 Å². The Hall–Kier alpha value is -3.86. The molecule has 0 unspecified atom stereocenters. The number of rotatable bonds is 4. The molecule has 3 N–H and O–H groups in total. The summed E-state index contributed by atoms with van der Waals surface area (Å²) in [4.78, 5) is 12.1. The summed E-state index contributed by atoms with van der Waals surface area (Å²) in [7, 11) is 0. The smallest absolute Gasteiger partial charge is 0.232 e. The van der Waals surface area contributed by atoms with E-state index in [4.69, 9.17) is 5.73 Å². The van der Waals surface area contributed by atoms with Gasteiger partial charge in [0.05, 0.1) is 5.57 Å². The lowest BCUT2D eigenvalue weighted by atomic mass is 10.1. The second kappa shape index (κ2) is 7.36. The molecule has 3 rings (SSSR count). The predicted octanol–water partition coefficient (Wildman–Crippen LogP) is 3.54. The van der Waals surface area contributed by atoms with E-state index in [-0.39, 0.29) is 28.9 Å². The van der Waals surface area contributed by atoms with Crippen LogP contribution in [0.2, 0.25) is 0 Å². The van der Waals surface area contributed by atoms with Crippen molar-refractivity contribution in [3.63, 3.8) is 0 Å². The average molecular weight is 350 g/mol. The van der Waals surface area contributed by atoms with Gasteiger partial charge in [-0.2, -0.15) is 20.2 Å². The number of nitrogens with two attached hydrogens (primary N) is 1. The highest BCUT2D eigenvalue weighted by atomic mass is 19.2. The Morgan fingerprint density at radius 3 is 2.50 bits per heavy atom. The number of nitrogens with zero attached hydrogens (tertiary/aromatic N) is 4. The number of anilines is 3. The molecule has 0 radical (unpaired) electrons. The van der Waals surface area contributed by atoms with Gasteiger partial charge in [-0.15, -0.1) is 0 Å². The number of benzene rings is 2. The molecule has 3 aromatic rings. The van der Waals surface area contributed by atoms with Crippen LogP contribution in [0.4, 0.5) is 26.4 Å². The van der Waals surface area contributed by atoms with E-state index >= 15 is 0 Å². The van der Waals surface area contributed by atoms with E-state index in [1.54, 1.807) is 0 Å². The summed E-state index contributed by atoms with van der Waals surface area (Å²) < 4.78 is 26.4. The van der Waals surface area contributed by atoms with Crippen molar-refractivity contribution in [3.05, 3.63) is 71.6 Å². The Labute approximate surface area is 147 Å². The van der Waals surface area contributed by atoms with Crippen LogP contribution in [0.1, 0.15) is 11.4 Å². The Balaban J connectivity index is 1.97. The lowest BCUT2D eigenvalue weighted by Crippen LogP contribution is -2.06. The molecule has 0 saturated carbocycles. The SMILES string of the molecule is N#CC(=Cc1ccc(F)c(F)c1)c1nc(N)nc(Nc2ccccc2)n1. The van der Waals surface area contributed by atoms with Crippen LogP contribution >= 0.6 is 0 Å². The minimum Gasteiger partial charge on any atom is -0.368 e. The maximum Gasteiger partial charge on any atom is 0.232 e. The number of aromatic nitrogens is 3. The molecule has 0 fully saturated rings. The second-order valence-electron chi connectivity index (χ2n) is 5.18. The van der Waals surface area contributed by atoms with Gasteiger partial charge in [-0.1, -0.05) is 24.3 Å². The molecule has 0 aliphatic rings. The summed E-state index contributed by atoms with van der Waals surface area (Å²) in [6.45, 7) is 0. The topological polar surface area (TPSA) is 101 Å². The third-order valence-electron chi connectivity index (χ3n) is 3.30. The van der Waals surface area contributed by atoms with Gasteiger partial charge in [-0.25, -0.2) is 8.78 Å². The first-order chi connectivity index (χ1) is 12.5. The van der Waals surface area contributed by atoms with Crippen molar-refractivity contribution < 1.29 is 8.78 Å². The summed E-state index contributed by atoms with van der Waals surface area (Å²) >= 11 is 0. The maximum absolute atomic E-state index is 13.3. The highest BCUT2D eigenvalue weighted by Gasteiger charge is 2.11. The molecule has 1 heterocycles. The van der Waals surface area contributed by atoms with Crippen LogP contribution in [0.3, 0.4) is 0 Å². The summed E-state index contributed by atoms with van der Waals surface area (Å²) in [5.41, 5.74) is 6.74. The van der Waals surface area contributed by atoms with Gasteiger partial charge < -0.3 is 11.1 Å². The number of halogens is 2. The third kappa shape index (κ3) is 3.96. The van der Waals surface area contributed by atoms with E-state index < -0.39 is 11.6 Å². The number of para-hydroxylation sites is 1. The van der Waals surface area contributed by atoms with Gasteiger partial charge in [0.15, 0.2) is 17.5 Å². The van der Waals surface area contributed by atoms with E-state index in [9.17, 15) is 14.0 Å². The molecule has 0 amide bonds. The van der Waals surface area contributed by atoms with Gasteiger partial charge in [-0.3, -0.25) is 0 Å². The summed E-state index contributed by atoms with van der Waals surface area (Å²) in [6.07, 6.45) is 1.34. The fraction of sp³-hybridized carbons (Fsp3) is 0. The molecule has 2 aromatic carbocycles. The Morgan fingerprint density at radius 2 is 1.81 bits per heavy atom. The van der Waals surface area contributed by atoms with Gasteiger partial charge in [0.25, 0.3) is 0 Å². The first kappa shape index (κ1) is 17.0. The Morgan fingerprint density at radius 1 is 1.04 bits per heavy atom. The van der Waals surface area contributed by atoms with Crippen molar-refractivity contribution in [1.82, 2.24) is 15.0 Å².